The summed E-state index contributed by atoms with van der Waals surface area (Å²) in [6.45, 7) is 0.714. The zero-order valence-electron chi connectivity index (χ0n) is 8.23. The second-order valence-electron chi connectivity index (χ2n) is 2.82. The third-order valence-corrected chi connectivity index (χ3v) is 2.60. The molecule has 0 aromatic rings. The molecule has 0 spiro atoms. The number of nitrogens with one attached hydrogen (secondary N) is 2. The third-order valence-electron chi connectivity index (χ3n) is 1.26. The summed E-state index contributed by atoms with van der Waals surface area (Å²) in [6.07, 6.45) is -1.10. The molecule has 0 bridgehead atoms. The van der Waals surface area contributed by atoms with Crippen LogP contribution in [-0.4, -0.2) is 50.5 Å². The quantitative estimate of drug-likeness (QED) is 0.388. The van der Waals surface area contributed by atoms with Crippen LogP contribution in [0.5, 0.6) is 0 Å². The molecule has 2 unspecified atom stereocenters. The summed E-state index contributed by atoms with van der Waals surface area (Å²) >= 11 is 0. The molecule has 0 rings (SSSR count). The van der Waals surface area contributed by atoms with Gasteiger partial charge in [-0.25, -0.2) is 0 Å². The Morgan fingerprint density at radius 1 is 1.40 bits per heavy atom. The number of carbonyl (C=O) groups is 2. The molecule has 0 aliphatic rings. The number of hydrogen-bond donors (Lipinski definition) is 4. The molecule has 0 aromatic heterocycles. The number of aliphatic hydroxyl groups is 2. The standard InChI is InChI=1S/C7H14N2O5S/c1-5(11)8-9-7(13)4-15(14)3-6(12)2-10/h6,10,12H,2-4H2,1H3,(H,8,11)(H,9,13). The van der Waals surface area contributed by atoms with E-state index in [1.165, 1.54) is 6.92 Å². The maximum absolute atomic E-state index is 11.1. The van der Waals surface area contributed by atoms with Gasteiger partial charge in [0.1, 0.15) is 5.75 Å². The van der Waals surface area contributed by atoms with E-state index in [-0.39, 0.29) is 11.5 Å². The van der Waals surface area contributed by atoms with E-state index in [2.05, 4.69) is 0 Å². The van der Waals surface area contributed by atoms with E-state index < -0.39 is 35.3 Å². The van der Waals surface area contributed by atoms with Gasteiger partial charge in [0.25, 0.3) is 5.91 Å². The molecule has 15 heavy (non-hydrogen) atoms. The monoisotopic (exact) mass is 238 g/mol. The van der Waals surface area contributed by atoms with E-state index in [1.54, 1.807) is 0 Å². The van der Waals surface area contributed by atoms with E-state index in [4.69, 9.17) is 10.2 Å². The number of hydrazine groups is 1. The van der Waals surface area contributed by atoms with Crippen molar-refractivity contribution in [2.24, 2.45) is 0 Å². The Morgan fingerprint density at radius 2 is 2.00 bits per heavy atom. The number of carbonyl (C=O) groups excluding carboxylic acids is 2. The van der Waals surface area contributed by atoms with Crippen LogP contribution in [0, 0.1) is 0 Å². The van der Waals surface area contributed by atoms with E-state index in [1.807, 2.05) is 10.9 Å². The molecule has 8 heteroatoms. The second-order valence-corrected chi connectivity index (χ2v) is 4.32. The molecule has 4 N–H and O–H groups in total. The highest BCUT2D eigenvalue weighted by Gasteiger charge is 2.12. The van der Waals surface area contributed by atoms with Crippen molar-refractivity contribution in [3.63, 3.8) is 0 Å². The molecule has 2 atom stereocenters. The van der Waals surface area contributed by atoms with Crippen LogP contribution in [0.15, 0.2) is 0 Å². The fraction of sp³-hybridized carbons (Fsp3) is 0.714. The van der Waals surface area contributed by atoms with Gasteiger partial charge in [-0.1, -0.05) is 0 Å². The third kappa shape index (κ3) is 8.03. The number of hydrogen-bond acceptors (Lipinski definition) is 5. The number of rotatable bonds is 5. The molecule has 2 amide bonds. The van der Waals surface area contributed by atoms with Crippen LogP contribution in [0.1, 0.15) is 6.92 Å². The lowest BCUT2D eigenvalue weighted by Gasteiger charge is -2.07. The molecule has 0 saturated carbocycles. The lowest BCUT2D eigenvalue weighted by atomic mass is 10.4. The molecule has 0 aromatic carbocycles. The predicted octanol–water partition coefficient (Wildman–Crippen LogP) is -2.74. The van der Waals surface area contributed by atoms with Crippen LogP contribution >= 0.6 is 0 Å². The summed E-state index contributed by atoms with van der Waals surface area (Å²) in [6, 6.07) is 0. The first kappa shape index (κ1) is 14.0. The van der Waals surface area contributed by atoms with Crippen molar-refractivity contribution >= 4 is 22.6 Å². The summed E-state index contributed by atoms with van der Waals surface area (Å²) in [5.41, 5.74) is 4.06. The number of amides is 2. The van der Waals surface area contributed by atoms with Gasteiger partial charge in [0.2, 0.25) is 5.91 Å². The molecular formula is C7H14N2O5S. The van der Waals surface area contributed by atoms with Gasteiger partial charge in [-0.3, -0.25) is 24.6 Å². The Labute approximate surface area is 89.3 Å². The molecule has 7 nitrogen and oxygen atoms in total. The van der Waals surface area contributed by atoms with Crippen LogP contribution in [0.25, 0.3) is 0 Å². The highest BCUT2D eigenvalue weighted by atomic mass is 32.2. The zero-order valence-corrected chi connectivity index (χ0v) is 9.04. The van der Waals surface area contributed by atoms with E-state index in [0.29, 0.717) is 0 Å². The zero-order chi connectivity index (χ0) is 11.8. The summed E-state index contributed by atoms with van der Waals surface area (Å²) in [4.78, 5) is 21.3. The largest absolute Gasteiger partial charge is 0.394 e. The Bertz CT molecular complexity index is 258. The van der Waals surface area contributed by atoms with Gasteiger partial charge >= 0.3 is 0 Å². The first-order valence-corrected chi connectivity index (χ1v) is 5.63. The average molecular weight is 238 g/mol. The van der Waals surface area contributed by atoms with Crippen molar-refractivity contribution in [2.45, 2.75) is 13.0 Å². The predicted molar refractivity (Wildman–Crippen MR) is 52.9 cm³/mol. The summed E-state index contributed by atoms with van der Waals surface area (Å²) in [7, 11) is -1.57. The van der Waals surface area contributed by atoms with Crippen molar-refractivity contribution in [2.75, 3.05) is 18.1 Å². The van der Waals surface area contributed by atoms with E-state index in [0.717, 1.165) is 0 Å². The van der Waals surface area contributed by atoms with Crippen molar-refractivity contribution in [3.05, 3.63) is 0 Å². The Morgan fingerprint density at radius 3 is 2.47 bits per heavy atom. The first-order valence-electron chi connectivity index (χ1n) is 4.15. The SMILES string of the molecule is CC(=O)NNC(=O)CS(=O)CC(O)CO. The molecular weight excluding hydrogens is 224 g/mol. The average Bonchev–Trinajstić information content (AvgIpc) is 2.14. The smallest absolute Gasteiger partial charge is 0.250 e. The fourth-order valence-corrected chi connectivity index (χ4v) is 1.68. The van der Waals surface area contributed by atoms with Crippen molar-refractivity contribution in [1.29, 1.82) is 0 Å². The molecule has 0 fully saturated rings. The van der Waals surface area contributed by atoms with Gasteiger partial charge < -0.3 is 10.2 Å². The van der Waals surface area contributed by atoms with Crippen LogP contribution in [-0.2, 0) is 20.4 Å². The van der Waals surface area contributed by atoms with Crippen LogP contribution in [0.2, 0.25) is 0 Å². The maximum Gasteiger partial charge on any atom is 0.250 e. The minimum atomic E-state index is -1.57. The topological polar surface area (TPSA) is 116 Å². The molecule has 0 aliphatic heterocycles. The lowest BCUT2D eigenvalue weighted by molar-refractivity contribution is -0.126. The fourth-order valence-electron chi connectivity index (χ4n) is 0.666. The molecule has 88 valence electrons. The molecule has 0 radical (unpaired) electrons. The summed E-state index contributed by atoms with van der Waals surface area (Å²) in [5.74, 6) is -1.57. The summed E-state index contributed by atoms with van der Waals surface area (Å²) < 4.78 is 11.1. The lowest BCUT2D eigenvalue weighted by Crippen LogP contribution is -2.43. The molecule has 0 saturated heterocycles. The first-order chi connectivity index (χ1) is 6.95. The Balaban J connectivity index is 3.76. The van der Waals surface area contributed by atoms with Gasteiger partial charge in [-0.2, -0.15) is 0 Å². The highest BCUT2D eigenvalue weighted by molar-refractivity contribution is 7.85. The van der Waals surface area contributed by atoms with Crippen LogP contribution in [0.4, 0.5) is 0 Å². The van der Waals surface area contributed by atoms with Gasteiger partial charge in [-0.05, 0) is 0 Å². The number of aliphatic hydroxyl groups excluding tert-OH is 2. The van der Waals surface area contributed by atoms with Gasteiger partial charge in [-0.15, -0.1) is 0 Å². The molecule has 0 aliphatic carbocycles. The van der Waals surface area contributed by atoms with Gasteiger partial charge in [0.05, 0.1) is 18.5 Å². The maximum atomic E-state index is 11.1. The van der Waals surface area contributed by atoms with Gasteiger partial charge in [0.15, 0.2) is 0 Å². The highest BCUT2D eigenvalue weighted by Crippen LogP contribution is 1.88. The minimum Gasteiger partial charge on any atom is -0.394 e. The van der Waals surface area contributed by atoms with Crippen molar-refractivity contribution in [1.82, 2.24) is 10.9 Å². The van der Waals surface area contributed by atoms with Crippen LogP contribution in [0.3, 0.4) is 0 Å². The summed E-state index contributed by atoms with van der Waals surface area (Å²) in [5, 5.41) is 17.4. The van der Waals surface area contributed by atoms with Gasteiger partial charge in [0, 0.05) is 17.7 Å². The molecule has 0 heterocycles. The Hall–Kier alpha value is -0.990. The minimum absolute atomic E-state index is 0.177. The van der Waals surface area contributed by atoms with E-state index in [9.17, 15) is 13.8 Å². The van der Waals surface area contributed by atoms with Crippen LogP contribution < -0.4 is 10.9 Å². The van der Waals surface area contributed by atoms with E-state index >= 15 is 0 Å². The normalized spacial score (nSPS) is 14.1. The van der Waals surface area contributed by atoms with Crippen molar-refractivity contribution < 1.29 is 24.0 Å². The second kappa shape index (κ2) is 7.32. The van der Waals surface area contributed by atoms with Crippen molar-refractivity contribution in [3.8, 4) is 0 Å². The Kier molecular flexibility index (Phi) is 6.84.